The van der Waals surface area contributed by atoms with Crippen molar-refractivity contribution >= 4 is 27.7 Å². The minimum absolute atomic E-state index is 0.222. The van der Waals surface area contributed by atoms with Crippen LogP contribution in [0.5, 0.6) is 0 Å². The summed E-state index contributed by atoms with van der Waals surface area (Å²) in [6, 6.07) is 3.57. The lowest BCUT2D eigenvalue weighted by atomic mass is 10.3. The maximum Gasteiger partial charge on any atom is 0.254 e. The van der Waals surface area contributed by atoms with Crippen molar-refractivity contribution in [3.05, 3.63) is 22.3 Å². The largest absolute Gasteiger partial charge is 0.382 e. The Morgan fingerprint density at radius 3 is 2.83 bits per heavy atom. The van der Waals surface area contributed by atoms with Gasteiger partial charge in [-0.1, -0.05) is 0 Å². The Labute approximate surface area is 115 Å². The van der Waals surface area contributed by atoms with E-state index in [0.717, 1.165) is 10.2 Å². The van der Waals surface area contributed by atoms with Crippen LogP contribution in [0.3, 0.4) is 0 Å². The molecule has 1 aromatic heterocycles. The Hall–Kier alpha value is -0.980. The van der Waals surface area contributed by atoms with E-state index in [0.29, 0.717) is 19.0 Å². The minimum Gasteiger partial charge on any atom is -0.382 e. The maximum absolute atomic E-state index is 11.8. The number of amides is 1. The van der Waals surface area contributed by atoms with E-state index in [2.05, 4.69) is 26.2 Å². The summed E-state index contributed by atoms with van der Waals surface area (Å²) in [4.78, 5) is 16.0. The molecule has 0 saturated heterocycles. The fourth-order valence-corrected chi connectivity index (χ4v) is 1.45. The van der Waals surface area contributed by atoms with Crippen molar-refractivity contribution in [1.82, 2.24) is 4.98 Å². The zero-order chi connectivity index (χ0) is 13.5. The Balaban J connectivity index is 2.50. The van der Waals surface area contributed by atoms with Crippen molar-refractivity contribution in [3.8, 4) is 0 Å². The van der Waals surface area contributed by atoms with E-state index in [-0.39, 0.29) is 5.91 Å². The molecule has 0 aliphatic heterocycles. The van der Waals surface area contributed by atoms with Gasteiger partial charge >= 0.3 is 0 Å². The second-order valence-electron chi connectivity index (χ2n) is 3.76. The third kappa shape index (κ3) is 4.72. The molecule has 6 heteroatoms. The first-order valence-electron chi connectivity index (χ1n) is 5.59. The average molecular weight is 317 g/mol. The second kappa shape index (κ2) is 7.45. The molecule has 0 bridgehead atoms. The number of aromatic nitrogens is 1. The first kappa shape index (κ1) is 15.1. The second-order valence-corrected chi connectivity index (χ2v) is 4.61. The molecule has 5 nitrogen and oxygen atoms in total. The summed E-state index contributed by atoms with van der Waals surface area (Å²) in [5.74, 6) is 0.295. The minimum atomic E-state index is -0.536. The molecule has 0 fully saturated rings. The van der Waals surface area contributed by atoms with Gasteiger partial charge in [-0.15, -0.1) is 0 Å². The van der Waals surface area contributed by atoms with Gasteiger partial charge in [0.15, 0.2) is 0 Å². The smallest absolute Gasteiger partial charge is 0.254 e. The molecule has 1 heterocycles. The number of ether oxygens (including phenoxy) is 2. The quantitative estimate of drug-likeness (QED) is 0.817. The number of hydrogen-bond donors (Lipinski definition) is 1. The number of hydrogen-bond acceptors (Lipinski definition) is 4. The van der Waals surface area contributed by atoms with Crippen LogP contribution in [0.25, 0.3) is 0 Å². The molecule has 1 atom stereocenters. The van der Waals surface area contributed by atoms with Crippen LogP contribution in [0.15, 0.2) is 16.6 Å². The van der Waals surface area contributed by atoms with Gasteiger partial charge in [0.25, 0.3) is 5.91 Å². The molecule has 1 amide bonds. The highest BCUT2D eigenvalue weighted by Crippen LogP contribution is 2.16. The Bertz CT molecular complexity index is 412. The number of anilines is 1. The molecule has 100 valence electrons. The number of methoxy groups -OCH3 is 1. The van der Waals surface area contributed by atoms with Crippen molar-refractivity contribution in [2.75, 3.05) is 25.6 Å². The lowest BCUT2D eigenvalue weighted by Crippen LogP contribution is -2.29. The molecular formula is C12H17BrN2O3. The van der Waals surface area contributed by atoms with Gasteiger partial charge in [0.05, 0.1) is 18.9 Å². The molecule has 1 aromatic rings. The van der Waals surface area contributed by atoms with E-state index in [4.69, 9.17) is 9.47 Å². The topological polar surface area (TPSA) is 60.5 Å². The fourth-order valence-electron chi connectivity index (χ4n) is 1.23. The number of nitrogens with one attached hydrogen (secondary N) is 1. The van der Waals surface area contributed by atoms with Gasteiger partial charge < -0.3 is 14.8 Å². The molecule has 1 N–H and O–H groups in total. The van der Waals surface area contributed by atoms with Crippen LogP contribution >= 0.6 is 15.9 Å². The molecular weight excluding hydrogens is 300 g/mol. The summed E-state index contributed by atoms with van der Waals surface area (Å²) in [5, 5.41) is 2.70. The van der Waals surface area contributed by atoms with Crippen molar-refractivity contribution in [2.24, 2.45) is 0 Å². The SMILES string of the molecule is COCCOC(C)C(=O)Nc1ccc(Br)c(C)n1. The summed E-state index contributed by atoms with van der Waals surface area (Å²) >= 11 is 3.35. The van der Waals surface area contributed by atoms with Gasteiger partial charge in [-0.25, -0.2) is 4.98 Å². The van der Waals surface area contributed by atoms with Crippen LogP contribution in [-0.2, 0) is 14.3 Å². The van der Waals surface area contributed by atoms with Gasteiger partial charge in [-0.05, 0) is 41.9 Å². The van der Waals surface area contributed by atoms with Crippen LogP contribution in [0.1, 0.15) is 12.6 Å². The number of rotatable bonds is 6. The van der Waals surface area contributed by atoms with Gasteiger partial charge in [0.2, 0.25) is 0 Å². The number of carbonyl (C=O) groups excluding carboxylic acids is 1. The van der Waals surface area contributed by atoms with E-state index < -0.39 is 6.10 Å². The molecule has 0 radical (unpaired) electrons. The van der Waals surface area contributed by atoms with Crippen molar-refractivity contribution in [3.63, 3.8) is 0 Å². The molecule has 0 aromatic carbocycles. The number of aryl methyl sites for hydroxylation is 1. The summed E-state index contributed by atoms with van der Waals surface area (Å²) < 4.78 is 11.0. The van der Waals surface area contributed by atoms with E-state index >= 15 is 0 Å². The molecule has 0 aliphatic rings. The van der Waals surface area contributed by atoms with E-state index in [9.17, 15) is 4.79 Å². The van der Waals surface area contributed by atoms with Crippen molar-refractivity contribution in [2.45, 2.75) is 20.0 Å². The Morgan fingerprint density at radius 1 is 1.50 bits per heavy atom. The Kier molecular flexibility index (Phi) is 6.24. The summed E-state index contributed by atoms with van der Waals surface area (Å²) in [6.45, 7) is 4.40. The van der Waals surface area contributed by atoms with Crippen molar-refractivity contribution < 1.29 is 14.3 Å². The maximum atomic E-state index is 11.8. The van der Waals surface area contributed by atoms with Gasteiger partial charge in [0, 0.05) is 11.6 Å². The average Bonchev–Trinajstić information content (AvgIpc) is 2.34. The molecule has 0 aliphatic carbocycles. The zero-order valence-electron chi connectivity index (χ0n) is 10.7. The third-order valence-electron chi connectivity index (χ3n) is 2.30. The number of carbonyl (C=O) groups is 1. The first-order valence-corrected chi connectivity index (χ1v) is 6.38. The molecule has 1 rings (SSSR count). The van der Waals surface area contributed by atoms with E-state index in [1.807, 2.05) is 13.0 Å². The van der Waals surface area contributed by atoms with Crippen LogP contribution in [0.2, 0.25) is 0 Å². The monoisotopic (exact) mass is 316 g/mol. The molecule has 0 spiro atoms. The van der Waals surface area contributed by atoms with Crippen LogP contribution < -0.4 is 5.32 Å². The predicted octanol–water partition coefficient (Wildman–Crippen LogP) is 2.14. The highest BCUT2D eigenvalue weighted by atomic mass is 79.9. The predicted molar refractivity (Wildman–Crippen MR) is 72.6 cm³/mol. The number of nitrogens with zero attached hydrogens (tertiary/aromatic N) is 1. The lowest BCUT2D eigenvalue weighted by Gasteiger charge is -2.13. The summed E-state index contributed by atoms with van der Waals surface area (Å²) in [5.41, 5.74) is 0.820. The third-order valence-corrected chi connectivity index (χ3v) is 3.14. The van der Waals surface area contributed by atoms with E-state index in [1.54, 1.807) is 20.1 Å². The van der Waals surface area contributed by atoms with E-state index in [1.165, 1.54) is 0 Å². The van der Waals surface area contributed by atoms with Crippen molar-refractivity contribution in [1.29, 1.82) is 0 Å². The summed E-state index contributed by atoms with van der Waals surface area (Å²) in [7, 11) is 1.59. The molecule has 18 heavy (non-hydrogen) atoms. The van der Waals surface area contributed by atoms with Gasteiger partial charge in [0.1, 0.15) is 11.9 Å². The van der Waals surface area contributed by atoms with Crippen LogP contribution in [0, 0.1) is 6.92 Å². The summed E-state index contributed by atoms with van der Waals surface area (Å²) in [6.07, 6.45) is -0.536. The van der Waals surface area contributed by atoms with Gasteiger partial charge in [-0.3, -0.25) is 4.79 Å². The Morgan fingerprint density at radius 2 is 2.22 bits per heavy atom. The molecule has 0 saturated carbocycles. The highest BCUT2D eigenvalue weighted by molar-refractivity contribution is 9.10. The first-order chi connectivity index (χ1) is 8.54. The standard InChI is InChI=1S/C12H17BrN2O3/c1-8-10(13)4-5-11(14-8)15-12(16)9(2)18-7-6-17-3/h4-5,9H,6-7H2,1-3H3,(H,14,15,16). The fraction of sp³-hybridized carbons (Fsp3) is 0.500. The normalized spacial score (nSPS) is 12.2. The van der Waals surface area contributed by atoms with Crippen LogP contribution in [-0.4, -0.2) is 37.3 Å². The lowest BCUT2D eigenvalue weighted by molar-refractivity contribution is -0.127. The zero-order valence-corrected chi connectivity index (χ0v) is 12.3. The number of halogens is 1. The van der Waals surface area contributed by atoms with Gasteiger partial charge in [-0.2, -0.15) is 0 Å². The highest BCUT2D eigenvalue weighted by Gasteiger charge is 2.14. The van der Waals surface area contributed by atoms with Crippen LogP contribution in [0.4, 0.5) is 5.82 Å². The molecule has 1 unspecified atom stereocenters. The number of pyridine rings is 1.